The molecule has 0 atom stereocenters. The molecule has 2 aromatic rings. The van der Waals surface area contributed by atoms with Crippen molar-refractivity contribution >= 4 is 28.4 Å². The summed E-state index contributed by atoms with van der Waals surface area (Å²) in [6.45, 7) is 4.32. The Balaban J connectivity index is 1.51. The molecule has 2 fully saturated rings. The van der Waals surface area contributed by atoms with Crippen molar-refractivity contribution in [3.8, 4) is 0 Å². The van der Waals surface area contributed by atoms with Gasteiger partial charge in [0.1, 0.15) is 5.82 Å². The number of benzene rings is 1. The van der Waals surface area contributed by atoms with E-state index in [1.807, 2.05) is 18.2 Å². The minimum absolute atomic E-state index is 0.105. The van der Waals surface area contributed by atoms with Gasteiger partial charge in [-0.3, -0.25) is 0 Å². The van der Waals surface area contributed by atoms with Crippen LogP contribution in [-0.4, -0.2) is 30.1 Å². The van der Waals surface area contributed by atoms with Gasteiger partial charge in [-0.15, -0.1) is 0 Å². The molecule has 5 nitrogen and oxygen atoms in total. The number of rotatable bonds is 3. The molecule has 0 radical (unpaired) electrons. The van der Waals surface area contributed by atoms with Crippen LogP contribution in [0.3, 0.4) is 0 Å². The van der Waals surface area contributed by atoms with Crippen LogP contribution in [0.4, 0.5) is 16.3 Å². The summed E-state index contributed by atoms with van der Waals surface area (Å²) in [5.74, 6) is 1.08. The molecule has 4 rings (SSSR count). The standard InChI is InChI=1S/C21H28N4O/c1-15-13-20(25-11-5-2-6-12-25)24-19-10-9-17(14-18(15)19)23-21(26)22-16-7-3-4-8-16/h9-10,13-14,16H,2-8,11-12H2,1H3,(H2,22,23,26). The van der Waals surface area contributed by atoms with Gasteiger partial charge in [-0.1, -0.05) is 12.8 Å². The molecule has 2 aliphatic rings. The van der Waals surface area contributed by atoms with Gasteiger partial charge in [-0.05, 0) is 68.9 Å². The number of pyridine rings is 1. The molecule has 1 saturated carbocycles. The molecule has 5 heteroatoms. The van der Waals surface area contributed by atoms with Crippen molar-refractivity contribution in [1.82, 2.24) is 10.3 Å². The maximum absolute atomic E-state index is 12.2. The number of carbonyl (C=O) groups is 1. The normalized spacial score (nSPS) is 18.3. The molecule has 1 aromatic carbocycles. The number of hydrogen-bond acceptors (Lipinski definition) is 3. The van der Waals surface area contributed by atoms with E-state index in [4.69, 9.17) is 4.98 Å². The first-order valence-corrected chi connectivity index (χ1v) is 9.93. The van der Waals surface area contributed by atoms with Gasteiger partial charge in [0.05, 0.1) is 5.52 Å². The number of nitrogens with zero attached hydrogens (tertiary/aromatic N) is 2. The van der Waals surface area contributed by atoms with E-state index in [0.717, 1.165) is 48.3 Å². The molecule has 1 saturated heterocycles. The molecule has 138 valence electrons. The van der Waals surface area contributed by atoms with Crippen molar-refractivity contribution in [3.63, 3.8) is 0 Å². The minimum atomic E-state index is -0.105. The zero-order valence-corrected chi connectivity index (χ0v) is 15.6. The SMILES string of the molecule is Cc1cc(N2CCCCC2)nc2ccc(NC(=O)NC3CCCC3)cc12. The average Bonchev–Trinajstić information content (AvgIpc) is 3.15. The van der Waals surface area contributed by atoms with E-state index < -0.39 is 0 Å². The highest BCUT2D eigenvalue weighted by atomic mass is 16.2. The molecular weight excluding hydrogens is 324 g/mol. The lowest BCUT2D eigenvalue weighted by atomic mass is 10.1. The Labute approximate surface area is 155 Å². The Hall–Kier alpha value is -2.30. The van der Waals surface area contributed by atoms with E-state index in [1.54, 1.807) is 0 Å². The zero-order valence-electron chi connectivity index (χ0n) is 15.6. The van der Waals surface area contributed by atoms with Crippen LogP contribution in [0.25, 0.3) is 10.9 Å². The highest BCUT2D eigenvalue weighted by Crippen LogP contribution is 2.27. The van der Waals surface area contributed by atoms with E-state index in [0.29, 0.717) is 6.04 Å². The van der Waals surface area contributed by atoms with E-state index in [1.165, 1.54) is 37.7 Å². The number of aryl methyl sites for hydroxylation is 1. The number of urea groups is 1. The molecule has 2 heterocycles. The summed E-state index contributed by atoms with van der Waals surface area (Å²) in [5, 5.41) is 7.15. The van der Waals surface area contributed by atoms with E-state index in [9.17, 15) is 4.79 Å². The Morgan fingerprint density at radius 3 is 2.62 bits per heavy atom. The number of nitrogens with one attached hydrogen (secondary N) is 2. The highest BCUT2D eigenvalue weighted by Gasteiger charge is 2.17. The summed E-state index contributed by atoms with van der Waals surface area (Å²) in [6, 6.07) is 8.39. The van der Waals surface area contributed by atoms with Crippen molar-refractivity contribution in [2.45, 2.75) is 57.9 Å². The molecule has 26 heavy (non-hydrogen) atoms. The molecular formula is C21H28N4O. The maximum atomic E-state index is 12.2. The average molecular weight is 352 g/mol. The fourth-order valence-corrected chi connectivity index (χ4v) is 4.16. The first-order chi connectivity index (χ1) is 12.7. The van der Waals surface area contributed by atoms with Gasteiger partial charge in [0.15, 0.2) is 0 Å². The highest BCUT2D eigenvalue weighted by molar-refractivity contribution is 5.94. The predicted octanol–water partition coefficient (Wildman–Crippen LogP) is 4.60. The summed E-state index contributed by atoms with van der Waals surface area (Å²) in [7, 11) is 0. The third-order valence-corrected chi connectivity index (χ3v) is 5.63. The number of piperidine rings is 1. The van der Waals surface area contributed by atoms with Gasteiger partial charge in [0.25, 0.3) is 0 Å². The van der Waals surface area contributed by atoms with E-state index in [-0.39, 0.29) is 6.03 Å². The number of aromatic nitrogens is 1. The molecule has 0 unspecified atom stereocenters. The van der Waals surface area contributed by atoms with E-state index >= 15 is 0 Å². The topological polar surface area (TPSA) is 57.3 Å². The summed E-state index contributed by atoms with van der Waals surface area (Å²) in [6.07, 6.45) is 8.42. The number of fused-ring (bicyclic) bond motifs is 1. The van der Waals surface area contributed by atoms with Gasteiger partial charge in [-0.2, -0.15) is 0 Å². The molecule has 0 spiro atoms. The summed E-state index contributed by atoms with van der Waals surface area (Å²) in [4.78, 5) is 19.5. The van der Waals surface area contributed by atoms with Crippen molar-refractivity contribution in [2.24, 2.45) is 0 Å². The van der Waals surface area contributed by atoms with Crippen LogP contribution in [-0.2, 0) is 0 Å². The predicted molar refractivity (Wildman–Crippen MR) is 107 cm³/mol. The first kappa shape index (κ1) is 17.1. The largest absolute Gasteiger partial charge is 0.357 e. The van der Waals surface area contributed by atoms with Crippen molar-refractivity contribution in [1.29, 1.82) is 0 Å². The van der Waals surface area contributed by atoms with Crippen LogP contribution in [0.15, 0.2) is 24.3 Å². The molecule has 0 bridgehead atoms. The van der Waals surface area contributed by atoms with E-state index in [2.05, 4.69) is 28.5 Å². The van der Waals surface area contributed by atoms with Crippen LogP contribution in [0.5, 0.6) is 0 Å². The van der Waals surface area contributed by atoms with Crippen LogP contribution in [0.2, 0.25) is 0 Å². The van der Waals surface area contributed by atoms with Crippen molar-refractivity contribution in [2.75, 3.05) is 23.3 Å². The Morgan fingerprint density at radius 2 is 1.85 bits per heavy atom. The fourth-order valence-electron chi connectivity index (χ4n) is 4.16. The number of amides is 2. The lowest BCUT2D eigenvalue weighted by molar-refractivity contribution is 0.248. The van der Waals surface area contributed by atoms with Crippen molar-refractivity contribution < 1.29 is 4.79 Å². The minimum Gasteiger partial charge on any atom is -0.357 e. The van der Waals surface area contributed by atoms with Gasteiger partial charge in [0.2, 0.25) is 0 Å². The smallest absolute Gasteiger partial charge is 0.319 e. The second kappa shape index (κ2) is 7.52. The second-order valence-electron chi connectivity index (χ2n) is 7.66. The van der Waals surface area contributed by atoms with Crippen LogP contribution in [0.1, 0.15) is 50.5 Å². The van der Waals surface area contributed by atoms with Gasteiger partial charge in [-0.25, -0.2) is 9.78 Å². The third kappa shape index (κ3) is 3.76. The number of carbonyl (C=O) groups excluding carboxylic acids is 1. The second-order valence-corrected chi connectivity index (χ2v) is 7.66. The van der Waals surface area contributed by atoms with Crippen molar-refractivity contribution in [3.05, 3.63) is 29.8 Å². The molecule has 2 amide bonds. The summed E-state index contributed by atoms with van der Waals surface area (Å²) >= 11 is 0. The summed E-state index contributed by atoms with van der Waals surface area (Å²) in [5.41, 5.74) is 3.02. The zero-order chi connectivity index (χ0) is 17.9. The van der Waals surface area contributed by atoms with Gasteiger partial charge in [0, 0.05) is 30.2 Å². The lowest BCUT2D eigenvalue weighted by Crippen LogP contribution is -2.36. The molecule has 1 aliphatic carbocycles. The quantitative estimate of drug-likeness (QED) is 0.849. The molecule has 2 N–H and O–H groups in total. The number of anilines is 2. The Bertz CT molecular complexity index is 792. The first-order valence-electron chi connectivity index (χ1n) is 9.93. The Kier molecular flexibility index (Phi) is 4.96. The van der Waals surface area contributed by atoms with Crippen LogP contribution >= 0.6 is 0 Å². The number of hydrogen-bond donors (Lipinski definition) is 2. The lowest BCUT2D eigenvalue weighted by Gasteiger charge is -2.28. The van der Waals surface area contributed by atoms with Crippen LogP contribution < -0.4 is 15.5 Å². The van der Waals surface area contributed by atoms with Crippen LogP contribution in [0, 0.1) is 6.92 Å². The third-order valence-electron chi connectivity index (χ3n) is 5.63. The molecule has 1 aliphatic heterocycles. The maximum Gasteiger partial charge on any atom is 0.319 e. The monoisotopic (exact) mass is 352 g/mol. The Morgan fingerprint density at radius 1 is 1.08 bits per heavy atom. The molecule has 1 aromatic heterocycles. The fraction of sp³-hybridized carbons (Fsp3) is 0.524. The van der Waals surface area contributed by atoms with Gasteiger partial charge < -0.3 is 15.5 Å². The summed E-state index contributed by atoms with van der Waals surface area (Å²) < 4.78 is 0. The van der Waals surface area contributed by atoms with Gasteiger partial charge >= 0.3 is 6.03 Å².